The molecule has 2 atom stereocenters. The second kappa shape index (κ2) is 4.76. The van der Waals surface area contributed by atoms with Crippen LogP contribution in [0.4, 0.5) is 0 Å². The number of nitrogens with zero attached hydrogens (tertiary/aromatic N) is 1. The van der Waals surface area contributed by atoms with Crippen molar-refractivity contribution in [2.45, 2.75) is 40.2 Å². The predicted octanol–water partition coefficient (Wildman–Crippen LogP) is 2.62. The van der Waals surface area contributed by atoms with Crippen LogP contribution in [-0.4, -0.2) is 25.0 Å². The highest BCUT2D eigenvalue weighted by Gasteiger charge is 2.19. The Morgan fingerprint density at radius 3 is 1.64 bits per heavy atom. The molecule has 68 valence electrons. The fourth-order valence-corrected chi connectivity index (χ4v) is 1.75. The Kier molecular flexibility index (Phi) is 4.74. The van der Waals surface area contributed by atoms with Crippen LogP contribution in [0.1, 0.15) is 34.1 Å². The van der Waals surface area contributed by atoms with Crippen molar-refractivity contribution in [2.75, 3.05) is 14.1 Å². The molecule has 0 rings (SSSR count). The Morgan fingerprint density at radius 1 is 1.09 bits per heavy atom. The van der Waals surface area contributed by atoms with Gasteiger partial charge in [-0.15, -0.1) is 0 Å². The predicted molar refractivity (Wildman–Crippen MR) is 51.8 cm³/mol. The van der Waals surface area contributed by atoms with E-state index in [9.17, 15) is 0 Å². The first-order chi connectivity index (χ1) is 5.00. The summed E-state index contributed by atoms with van der Waals surface area (Å²) in [4.78, 5) is 2.31. The largest absolute Gasteiger partial charge is 0.306 e. The Hall–Kier alpha value is -0.0400. The molecule has 0 spiro atoms. The molecule has 0 aliphatic carbocycles. The molecule has 0 saturated heterocycles. The molecule has 0 saturated carbocycles. The van der Waals surface area contributed by atoms with E-state index in [0.717, 1.165) is 11.8 Å². The first kappa shape index (κ1) is 11.0. The van der Waals surface area contributed by atoms with Crippen LogP contribution < -0.4 is 0 Å². The van der Waals surface area contributed by atoms with Crippen molar-refractivity contribution < 1.29 is 0 Å². The molecular weight excluding hydrogens is 134 g/mol. The molecule has 2 unspecified atom stereocenters. The van der Waals surface area contributed by atoms with Crippen molar-refractivity contribution in [1.82, 2.24) is 4.90 Å². The molecule has 0 aromatic rings. The van der Waals surface area contributed by atoms with Crippen LogP contribution in [0.2, 0.25) is 0 Å². The van der Waals surface area contributed by atoms with Crippen molar-refractivity contribution in [3.8, 4) is 0 Å². The van der Waals surface area contributed by atoms with Gasteiger partial charge in [-0.2, -0.15) is 0 Å². The molecule has 11 heavy (non-hydrogen) atoms. The zero-order valence-corrected chi connectivity index (χ0v) is 8.89. The Balaban J connectivity index is 4.02. The number of hydrogen-bond acceptors (Lipinski definition) is 1. The van der Waals surface area contributed by atoms with Crippen molar-refractivity contribution in [2.24, 2.45) is 11.8 Å². The van der Waals surface area contributed by atoms with Crippen LogP contribution in [0.5, 0.6) is 0 Å². The van der Waals surface area contributed by atoms with Gasteiger partial charge in [0.05, 0.1) is 0 Å². The van der Waals surface area contributed by atoms with Crippen LogP contribution in [0.25, 0.3) is 0 Å². The fraction of sp³-hybridized carbons (Fsp3) is 1.00. The lowest BCUT2D eigenvalue weighted by Crippen LogP contribution is -2.34. The highest BCUT2D eigenvalue weighted by Crippen LogP contribution is 2.21. The highest BCUT2D eigenvalue weighted by molar-refractivity contribution is 4.73. The molecule has 1 heteroatoms. The van der Waals surface area contributed by atoms with Gasteiger partial charge in [-0.3, -0.25) is 0 Å². The van der Waals surface area contributed by atoms with Gasteiger partial charge < -0.3 is 4.90 Å². The lowest BCUT2D eigenvalue weighted by molar-refractivity contribution is 0.180. The number of hydrogen-bond donors (Lipinski definition) is 0. The molecule has 1 nitrogen and oxygen atoms in total. The fourth-order valence-electron chi connectivity index (χ4n) is 1.75. The molecule has 0 radical (unpaired) electrons. The average molecular weight is 157 g/mol. The first-order valence-electron chi connectivity index (χ1n) is 4.67. The van der Waals surface area contributed by atoms with Gasteiger partial charge in [0.15, 0.2) is 0 Å². The van der Waals surface area contributed by atoms with Crippen LogP contribution in [-0.2, 0) is 0 Å². The summed E-state index contributed by atoms with van der Waals surface area (Å²) in [6.07, 6.45) is 1.29. The summed E-state index contributed by atoms with van der Waals surface area (Å²) in [6, 6.07) is 0.708. The summed E-state index contributed by atoms with van der Waals surface area (Å²) < 4.78 is 0. The van der Waals surface area contributed by atoms with Gasteiger partial charge in [-0.1, -0.05) is 27.2 Å². The van der Waals surface area contributed by atoms with E-state index in [1.807, 2.05) is 0 Å². The summed E-state index contributed by atoms with van der Waals surface area (Å²) in [5.74, 6) is 1.64. The molecule has 0 aromatic heterocycles. The molecular formula is C10H23N. The molecule has 0 heterocycles. The molecule has 0 N–H and O–H groups in total. The van der Waals surface area contributed by atoms with Gasteiger partial charge in [-0.25, -0.2) is 0 Å². The van der Waals surface area contributed by atoms with Crippen molar-refractivity contribution in [3.05, 3.63) is 0 Å². The topological polar surface area (TPSA) is 3.24 Å². The van der Waals surface area contributed by atoms with Gasteiger partial charge >= 0.3 is 0 Å². The van der Waals surface area contributed by atoms with Gasteiger partial charge in [0.2, 0.25) is 0 Å². The summed E-state index contributed by atoms with van der Waals surface area (Å²) >= 11 is 0. The van der Waals surface area contributed by atoms with E-state index in [0.29, 0.717) is 6.04 Å². The van der Waals surface area contributed by atoms with Crippen LogP contribution in [0.3, 0.4) is 0 Å². The summed E-state index contributed by atoms with van der Waals surface area (Å²) in [5, 5.41) is 0. The molecule has 0 fully saturated rings. The maximum Gasteiger partial charge on any atom is 0.00914 e. The van der Waals surface area contributed by atoms with E-state index in [1.165, 1.54) is 6.42 Å². The van der Waals surface area contributed by atoms with Crippen molar-refractivity contribution in [1.29, 1.82) is 0 Å². The van der Waals surface area contributed by atoms with E-state index in [4.69, 9.17) is 0 Å². The summed E-state index contributed by atoms with van der Waals surface area (Å²) in [7, 11) is 4.32. The van der Waals surface area contributed by atoms with Crippen molar-refractivity contribution in [3.63, 3.8) is 0 Å². The lowest BCUT2D eigenvalue weighted by atomic mass is 9.87. The molecule has 0 amide bonds. The van der Waals surface area contributed by atoms with Crippen LogP contribution >= 0.6 is 0 Å². The Morgan fingerprint density at radius 2 is 1.55 bits per heavy atom. The van der Waals surface area contributed by atoms with E-state index >= 15 is 0 Å². The minimum Gasteiger partial charge on any atom is -0.306 e. The average Bonchev–Trinajstić information content (AvgIpc) is 1.88. The monoisotopic (exact) mass is 157 g/mol. The summed E-state index contributed by atoms with van der Waals surface area (Å²) in [6.45, 7) is 9.22. The third-order valence-electron chi connectivity index (χ3n) is 2.76. The Labute approximate surface area is 71.8 Å². The SMILES string of the molecule is CCC(C(C)C)C(C)N(C)C. The first-order valence-corrected chi connectivity index (χ1v) is 4.67. The van der Waals surface area contributed by atoms with E-state index in [-0.39, 0.29) is 0 Å². The third kappa shape index (κ3) is 3.24. The van der Waals surface area contributed by atoms with Gasteiger partial charge in [-0.05, 0) is 32.9 Å². The maximum atomic E-state index is 2.31. The van der Waals surface area contributed by atoms with E-state index in [1.54, 1.807) is 0 Å². The standard InChI is InChI=1S/C10H23N/c1-7-10(8(2)3)9(4)11(5)6/h8-10H,7H2,1-6H3. The minimum atomic E-state index is 0.708. The molecule has 0 aliphatic rings. The van der Waals surface area contributed by atoms with E-state index < -0.39 is 0 Å². The zero-order valence-electron chi connectivity index (χ0n) is 8.89. The minimum absolute atomic E-state index is 0.708. The Bertz CT molecular complexity index is 97.0. The van der Waals surface area contributed by atoms with Crippen LogP contribution in [0.15, 0.2) is 0 Å². The smallest absolute Gasteiger partial charge is 0.00914 e. The van der Waals surface area contributed by atoms with Crippen LogP contribution in [0, 0.1) is 11.8 Å². The normalized spacial score (nSPS) is 17.5. The second-order valence-electron chi connectivity index (χ2n) is 4.02. The van der Waals surface area contributed by atoms with Crippen molar-refractivity contribution >= 4 is 0 Å². The third-order valence-corrected chi connectivity index (χ3v) is 2.76. The zero-order chi connectivity index (χ0) is 9.02. The molecule has 0 aromatic carbocycles. The summed E-state index contributed by atoms with van der Waals surface area (Å²) in [5.41, 5.74) is 0. The van der Waals surface area contributed by atoms with Gasteiger partial charge in [0.1, 0.15) is 0 Å². The lowest BCUT2D eigenvalue weighted by Gasteiger charge is -2.31. The maximum absolute atomic E-state index is 2.31. The van der Waals surface area contributed by atoms with Gasteiger partial charge in [0.25, 0.3) is 0 Å². The van der Waals surface area contributed by atoms with E-state index in [2.05, 4.69) is 46.7 Å². The molecule has 0 aliphatic heterocycles. The number of rotatable bonds is 4. The molecule has 0 bridgehead atoms. The highest BCUT2D eigenvalue weighted by atomic mass is 15.1. The van der Waals surface area contributed by atoms with Gasteiger partial charge in [0, 0.05) is 6.04 Å². The quantitative estimate of drug-likeness (QED) is 0.606. The second-order valence-corrected chi connectivity index (χ2v) is 4.02.